The number of hydrogen-bond donors (Lipinski definition) is 2. The van der Waals surface area contributed by atoms with Crippen LogP contribution in [0.1, 0.15) is 25.7 Å². The van der Waals surface area contributed by atoms with E-state index in [4.69, 9.17) is 0 Å². The lowest BCUT2D eigenvalue weighted by molar-refractivity contribution is 0.106. The molecule has 2 aromatic heterocycles. The Kier molecular flexibility index (Phi) is 2.98. The van der Waals surface area contributed by atoms with Crippen molar-refractivity contribution in [1.29, 1.82) is 0 Å². The summed E-state index contributed by atoms with van der Waals surface area (Å²) in [6, 6.07) is 3.62. The maximum absolute atomic E-state index is 11.5. The van der Waals surface area contributed by atoms with Gasteiger partial charge < -0.3 is 10.0 Å². The number of nitrogens with zero attached hydrogens (tertiary/aromatic N) is 4. The molecule has 0 aromatic carbocycles. The largest absolute Gasteiger partial charge is 0.391 e. The third kappa shape index (κ3) is 2.10. The molecule has 0 saturated heterocycles. The van der Waals surface area contributed by atoms with E-state index in [1.54, 1.807) is 6.07 Å². The molecule has 2 unspecified atom stereocenters. The molecule has 0 aliphatic heterocycles. The van der Waals surface area contributed by atoms with Crippen LogP contribution in [-0.2, 0) is 0 Å². The Morgan fingerprint density at radius 3 is 3.00 bits per heavy atom. The highest BCUT2D eigenvalue weighted by atomic mass is 16.3. The molecule has 0 spiro atoms. The van der Waals surface area contributed by atoms with Crippen LogP contribution in [0.2, 0.25) is 0 Å². The van der Waals surface area contributed by atoms with Gasteiger partial charge in [-0.1, -0.05) is 12.8 Å². The molecule has 19 heavy (non-hydrogen) atoms. The van der Waals surface area contributed by atoms with E-state index in [1.165, 1.54) is 4.52 Å². The van der Waals surface area contributed by atoms with Crippen molar-refractivity contribution >= 4 is 11.5 Å². The molecule has 1 fully saturated rings. The van der Waals surface area contributed by atoms with Crippen LogP contribution < -0.4 is 10.6 Å². The van der Waals surface area contributed by atoms with Gasteiger partial charge in [0.05, 0.1) is 12.1 Å². The summed E-state index contributed by atoms with van der Waals surface area (Å²) in [7, 11) is 1.90. The molecule has 2 N–H and O–H groups in total. The molecule has 3 rings (SSSR count). The first kappa shape index (κ1) is 12.2. The number of nitrogens with one attached hydrogen (secondary N) is 1. The summed E-state index contributed by atoms with van der Waals surface area (Å²) in [6.07, 6.45) is 3.61. The minimum Gasteiger partial charge on any atom is -0.391 e. The second-order valence-electron chi connectivity index (χ2n) is 5.02. The molecular formula is C12H17N5O2. The summed E-state index contributed by atoms with van der Waals surface area (Å²) in [5, 5.41) is 20.5. The fourth-order valence-electron chi connectivity index (χ4n) is 2.69. The molecule has 1 aliphatic carbocycles. The molecule has 2 aromatic rings. The number of fused-ring (bicyclic) bond motifs is 1. The normalized spacial score (nSPS) is 23.7. The zero-order valence-electron chi connectivity index (χ0n) is 10.8. The molecular weight excluding hydrogens is 246 g/mol. The van der Waals surface area contributed by atoms with Crippen molar-refractivity contribution in [1.82, 2.24) is 19.8 Å². The van der Waals surface area contributed by atoms with Gasteiger partial charge in [0.2, 0.25) is 0 Å². The zero-order valence-corrected chi connectivity index (χ0v) is 10.8. The summed E-state index contributed by atoms with van der Waals surface area (Å²) >= 11 is 0. The van der Waals surface area contributed by atoms with Crippen LogP contribution in [0.25, 0.3) is 5.65 Å². The highest BCUT2D eigenvalue weighted by Crippen LogP contribution is 2.25. The van der Waals surface area contributed by atoms with Crippen LogP contribution in [-0.4, -0.2) is 44.1 Å². The van der Waals surface area contributed by atoms with Crippen molar-refractivity contribution in [2.24, 2.45) is 0 Å². The van der Waals surface area contributed by atoms with Crippen LogP contribution in [0.5, 0.6) is 0 Å². The maximum atomic E-state index is 11.5. The second kappa shape index (κ2) is 4.65. The van der Waals surface area contributed by atoms with Gasteiger partial charge in [-0.2, -0.15) is 9.61 Å². The molecule has 2 heterocycles. The van der Waals surface area contributed by atoms with Gasteiger partial charge in [-0.3, -0.25) is 0 Å². The van der Waals surface area contributed by atoms with Crippen LogP contribution in [0.15, 0.2) is 16.9 Å². The maximum Gasteiger partial charge on any atom is 0.364 e. The number of likely N-dealkylation sites (N-methyl/N-ethyl adjacent to an activating group) is 1. The van der Waals surface area contributed by atoms with Gasteiger partial charge in [0.15, 0.2) is 5.65 Å². The Hall–Kier alpha value is -1.89. The third-order valence-electron chi connectivity index (χ3n) is 3.81. The van der Waals surface area contributed by atoms with Crippen molar-refractivity contribution in [3.8, 4) is 0 Å². The van der Waals surface area contributed by atoms with Crippen LogP contribution in [0.4, 0.5) is 5.82 Å². The SMILES string of the molecule is CN(c1ccc2n[nH]c(=O)n2n1)C1CCCCC1O. The Bertz CT molecular complexity index is 634. The second-order valence-corrected chi connectivity index (χ2v) is 5.02. The number of aliphatic hydroxyl groups excluding tert-OH is 1. The van der Waals surface area contributed by atoms with Gasteiger partial charge in [-0.15, -0.1) is 5.10 Å². The Morgan fingerprint density at radius 2 is 2.21 bits per heavy atom. The van der Waals surface area contributed by atoms with E-state index < -0.39 is 0 Å². The summed E-state index contributed by atoms with van der Waals surface area (Å²) < 4.78 is 1.24. The molecule has 0 bridgehead atoms. The third-order valence-corrected chi connectivity index (χ3v) is 3.81. The minimum atomic E-state index is -0.352. The van der Waals surface area contributed by atoms with Crippen molar-refractivity contribution in [2.45, 2.75) is 37.8 Å². The van der Waals surface area contributed by atoms with E-state index in [0.717, 1.165) is 25.7 Å². The summed E-state index contributed by atoms with van der Waals surface area (Å²) in [5.41, 5.74) is 0.140. The fraction of sp³-hybridized carbons (Fsp3) is 0.583. The molecule has 7 nitrogen and oxygen atoms in total. The summed E-state index contributed by atoms with van der Waals surface area (Å²) in [6.45, 7) is 0. The van der Waals surface area contributed by atoms with Crippen molar-refractivity contribution in [3.63, 3.8) is 0 Å². The molecule has 1 aliphatic rings. The number of rotatable bonds is 2. The zero-order chi connectivity index (χ0) is 13.4. The predicted octanol–water partition coefficient (Wildman–Crippen LogP) is 0.157. The van der Waals surface area contributed by atoms with Crippen LogP contribution in [0.3, 0.4) is 0 Å². The quantitative estimate of drug-likeness (QED) is 0.806. The summed E-state index contributed by atoms with van der Waals surface area (Å²) in [4.78, 5) is 13.5. The highest BCUT2D eigenvalue weighted by Gasteiger charge is 2.27. The fourth-order valence-corrected chi connectivity index (χ4v) is 2.69. The van der Waals surface area contributed by atoms with Gasteiger partial charge in [0.25, 0.3) is 0 Å². The predicted molar refractivity (Wildman–Crippen MR) is 70.3 cm³/mol. The monoisotopic (exact) mass is 263 g/mol. The van der Waals surface area contributed by atoms with E-state index in [-0.39, 0.29) is 17.8 Å². The van der Waals surface area contributed by atoms with Crippen molar-refractivity contribution in [2.75, 3.05) is 11.9 Å². The molecule has 7 heteroatoms. The first-order chi connectivity index (χ1) is 9.16. The van der Waals surface area contributed by atoms with E-state index in [9.17, 15) is 9.90 Å². The smallest absolute Gasteiger partial charge is 0.364 e. The number of anilines is 1. The Labute approximate surface area is 109 Å². The van der Waals surface area contributed by atoms with Crippen molar-refractivity contribution in [3.05, 3.63) is 22.6 Å². The van der Waals surface area contributed by atoms with E-state index >= 15 is 0 Å². The number of aliphatic hydroxyl groups is 1. The van der Waals surface area contributed by atoms with Crippen LogP contribution in [0, 0.1) is 0 Å². The number of H-pyrrole nitrogens is 1. The van der Waals surface area contributed by atoms with E-state index in [1.807, 2.05) is 18.0 Å². The Morgan fingerprint density at radius 1 is 1.42 bits per heavy atom. The number of aromatic nitrogens is 4. The standard InChI is InChI=1S/C12H17N5O2/c1-16(8-4-2-3-5-9(8)18)11-7-6-10-13-14-12(19)17(10)15-11/h6-9,18H,2-5H2,1H3,(H,14,19). The lowest BCUT2D eigenvalue weighted by Gasteiger charge is -2.35. The van der Waals surface area contributed by atoms with Gasteiger partial charge in [-0.25, -0.2) is 9.89 Å². The van der Waals surface area contributed by atoms with Gasteiger partial charge >= 0.3 is 5.69 Å². The first-order valence-electron chi connectivity index (χ1n) is 6.52. The van der Waals surface area contributed by atoms with Crippen LogP contribution >= 0.6 is 0 Å². The number of hydrogen-bond acceptors (Lipinski definition) is 5. The van der Waals surface area contributed by atoms with Gasteiger partial charge in [0.1, 0.15) is 5.82 Å². The minimum absolute atomic E-state index is 0.0568. The highest BCUT2D eigenvalue weighted by molar-refractivity contribution is 5.45. The summed E-state index contributed by atoms with van der Waals surface area (Å²) in [5.74, 6) is 0.668. The lowest BCUT2D eigenvalue weighted by Crippen LogP contribution is -2.44. The Balaban J connectivity index is 1.94. The molecule has 102 valence electrons. The van der Waals surface area contributed by atoms with Crippen molar-refractivity contribution < 1.29 is 5.11 Å². The topological polar surface area (TPSA) is 86.5 Å². The first-order valence-corrected chi connectivity index (χ1v) is 6.52. The van der Waals surface area contributed by atoms with Gasteiger partial charge in [0, 0.05) is 7.05 Å². The van der Waals surface area contributed by atoms with E-state index in [2.05, 4.69) is 15.3 Å². The molecule has 0 amide bonds. The average Bonchev–Trinajstić information content (AvgIpc) is 2.80. The molecule has 0 radical (unpaired) electrons. The molecule has 2 atom stereocenters. The lowest BCUT2D eigenvalue weighted by atomic mass is 9.91. The molecule has 1 saturated carbocycles. The van der Waals surface area contributed by atoms with Gasteiger partial charge in [-0.05, 0) is 25.0 Å². The number of aromatic amines is 1. The average molecular weight is 263 g/mol. The van der Waals surface area contributed by atoms with E-state index in [0.29, 0.717) is 11.5 Å².